The molecule has 4 aromatic carbocycles. The average molecular weight is 887 g/mol. The van der Waals surface area contributed by atoms with Gasteiger partial charge >= 0.3 is 11.9 Å². The second-order valence-corrected chi connectivity index (χ2v) is 12.7. The number of carbonyl (C=O) groups is 2. The Kier molecular flexibility index (Phi) is 12.5. The van der Waals surface area contributed by atoms with E-state index in [0.29, 0.717) is 22.6 Å². The lowest BCUT2D eigenvalue weighted by molar-refractivity contribution is -0.142. The Morgan fingerprint density at radius 1 is 0.592 bits per heavy atom. The molecule has 5 rings (SSSR count). The standard InChI is InChI=1S/C39H36I2O8/c1-25(2)37(42)46-23-31(48-40)21-44-29-17-13-27(14-18-29)39(35-11-7-5-9-33(35)34-10-6-8-12-36(34)39)28-15-19-30(20-16-28)45-22-32(49-41)24-47-38(43)26(3)4/h5-20,31-32H,1,3,21-24H2,2,4H3. The Morgan fingerprint density at radius 2 is 0.959 bits per heavy atom. The second kappa shape index (κ2) is 16.8. The van der Waals surface area contributed by atoms with Crippen LogP contribution >= 0.6 is 46.0 Å². The first kappa shape index (κ1) is 36.6. The fourth-order valence-corrected chi connectivity index (χ4v) is 6.37. The largest absolute Gasteiger partial charge is 0.491 e. The Hall–Kier alpha value is -3.72. The van der Waals surface area contributed by atoms with Crippen LogP contribution in [-0.2, 0) is 30.6 Å². The number of fused-ring (bicyclic) bond motifs is 3. The van der Waals surface area contributed by atoms with Crippen molar-refractivity contribution < 1.29 is 34.7 Å². The Bertz CT molecular complexity index is 1670. The minimum absolute atomic E-state index is 0.0529. The summed E-state index contributed by atoms with van der Waals surface area (Å²) in [6.07, 6.45) is -0.899. The molecule has 0 N–H and O–H groups in total. The van der Waals surface area contributed by atoms with Gasteiger partial charge in [-0.05, 0) is 71.5 Å². The topological polar surface area (TPSA) is 89.5 Å². The van der Waals surface area contributed by atoms with Crippen molar-refractivity contribution in [3.05, 3.63) is 144 Å². The van der Waals surface area contributed by atoms with Gasteiger partial charge in [0.2, 0.25) is 0 Å². The predicted molar refractivity (Wildman–Crippen MR) is 204 cm³/mol. The van der Waals surface area contributed by atoms with Crippen molar-refractivity contribution in [3.8, 4) is 22.6 Å². The molecule has 0 saturated heterocycles. The molecule has 0 bridgehead atoms. The lowest BCUT2D eigenvalue weighted by Gasteiger charge is -2.34. The van der Waals surface area contributed by atoms with Gasteiger partial charge in [-0.2, -0.15) is 0 Å². The van der Waals surface area contributed by atoms with E-state index in [1.165, 1.54) is 22.3 Å². The summed E-state index contributed by atoms with van der Waals surface area (Å²) in [6.45, 7) is 10.9. The summed E-state index contributed by atoms with van der Waals surface area (Å²) >= 11 is 3.57. The summed E-state index contributed by atoms with van der Waals surface area (Å²) in [5.74, 6) is 0.385. The molecule has 0 heterocycles. The predicted octanol–water partition coefficient (Wildman–Crippen LogP) is 8.52. The SMILES string of the molecule is C=C(C)C(=O)OCC(COc1ccc(C2(c3ccc(OCC(COC(=O)C(=C)C)OI)cc3)c3ccccc3-c3ccccc32)cc1)OI. The summed E-state index contributed by atoms with van der Waals surface area (Å²) in [5, 5.41) is 0. The van der Waals surface area contributed by atoms with E-state index in [9.17, 15) is 9.59 Å². The minimum atomic E-state index is -0.612. The first-order valence-corrected chi connectivity index (χ1v) is 17.3. The molecular formula is C39H36I2O8. The van der Waals surface area contributed by atoms with E-state index in [1.807, 2.05) is 24.3 Å². The van der Waals surface area contributed by atoms with Gasteiger partial charge < -0.3 is 25.1 Å². The Balaban J connectivity index is 1.42. The normalized spacial score (nSPS) is 13.7. The van der Waals surface area contributed by atoms with Crippen LogP contribution in [0.25, 0.3) is 11.1 Å². The molecule has 2 unspecified atom stereocenters. The molecule has 10 heteroatoms. The van der Waals surface area contributed by atoms with Gasteiger partial charge in [0.15, 0.2) is 0 Å². The highest BCUT2D eigenvalue weighted by molar-refractivity contribution is 14.1. The van der Waals surface area contributed by atoms with E-state index in [4.69, 9.17) is 25.1 Å². The smallest absolute Gasteiger partial charge is 0.333 e. The lowest BCUT2D eigenvalue weighted by atomic mass is 9.68. The number of benzene rings is 4. The zero-order chi connectivity index (χ0) is 35.0. The van der Waals surface area contributed by atoms with Crippen molar-refractivity contribution in [3.63, 3.8) is 0 Å². The number of hydrogen-bond donors (Lipinski definition) is 0. The number of halogens is 2. The third-order valence-corrected chi connectivity index (χ3v) is 9.59. The third kappa shape index (κ3) is 8.19. The van der Waals surface area contributed by atoms with E-state index < -0.39 is 29.6 Å². The number of carbonyl (C=O) groups excluding carboxylic acids is 2. The van der Waals surface area contributed by atoms with Crippen LogP contribution in [0.2, 0.25) is 0 Å². The highest BCUT2D eigenvalue weighted by atomic mass is 127. The minimum Gasteiger partial charge on any atom is -0.491 e. The molecule has 0 amide bonds. The van der Waals surface area contributed by atoms with Crippen LogP contribution in [0, 0.1) is 0 Å². The summed E-state index contributed by atoms with van der Waals surface area (Å²) in [4.78, 5) is 23.7. The molecule has 4 aromatic rings. The molecule has 1 aliphatic rings. The first-order chi connectivity index (χ1) is 23.7. The lowest BCUT2D eigenvalue weighted by Crippen LogP contribution is -2.29. The summed E-state index contributed by atoms with van der Waals surface area (Å²) < 4.78 is 33.5. The molecule has 0 saturated carbocycles. The van der Waals surface area contributed by atoms with E-state index in [-0.39, 0.29) is 26.4 Å². The van der Waals surface area contributed by atoms with E-state index >= 15 is 0 Å². The first-order valence-electron chi connectivity index (χ1n) is 15.5. The summed E-state index contributed by atoms with van der Waals surface area (Å²) in [7, 11) is 0. The van der Waals surface area contributed by atoms with Crippen molar-refractivity contribution in [2.24, 2.45) is 0 Å². The van der Waals surface area contributed by atoms with Crippen molar-refractivity contribution in [2.45, 2.75) is 31.5 Å². The van der Waals surface area contributed by atoms with Gasteiger partial charge in [0.25, 0.3) is 0 Å². The second-order valence-electron chi connectivity index (χ2n) is 11.7. The van der Waals surface area contributed by atoms with Crippen LogP contribution in [-0.4, -0.2) is 50.6 Å². The quantitative estimate of drug-likeness (QED) is 0.0554. The molecule has 254 valence electrons. The molecular weight excluding hydrogens is 850 g/mol. The maximum Gasteiger partial charge on any atom is 0.333 e. The molecule has 49 heavy (non-hydrogen) atoms. The zero-order valence-corrected chi connectivity index (χ0v) is 31.5. The van der Waals surface area contributed by atoms with Crippen molar-refractivity contribution in [1.29, 1.82) is 0 Å². The van der Waals surface area contributed by atoms with E-state index in [2.05, 4.69) is 86.0 Å². The summed E-state index contributed by atoms with van der Waals surface area (Å²) in [5.41, 5.74) is 6.89. The summed E-state index contributed by atoms with van der Waals surface area (Å²) in [6, 6.07) is 33.2. The monoisotopic (exact) mass is 886 g/mol. The Morgan fingerprint density at radius 3 is 1.31 bits per heavy atom. The van der Waals surface area contributed by atoms with Gasteiger partial charge in [-0.1, -0.05) is 86.0 Å². The van der Waals surface area contributed by atoms with Crippen LogP contribution in [0.5, 0.6) is 11.5 Å². The molecule has 0 spiro atoms. The van der Waals surface area contributed by atoms with Gasteiger partial charge in [-0.25, -0.2) is 9.59 Å². The maximum atomic E-state index is 11.8. The van der Waals surface area contributed by atoms with Crippen LogP contribution in [0.15, 0.2) is 121 Å². The highest BCUT2D eigenvalue weighted by Gasteiger charge is 2.45. The Labute approximate surface area is 314 Å². The maximum absolute atomic E-state index is 11.8. The van der Waals surface area contributed by atoms with Crippen molar-refractivity contribution in [2.75, 3.05) is 26.4 Å². The number of ether oxygens (including phenoxy) is 4. The average Bonchev–Trinajstić information content (AvgIpc) is 3.43. The van der Waals surface area contributed by atoms with E-state index in [0.717, 1.165) is 11.1 Å². The van der Waals surface area contributed by atoms with Gasteiger partial charge in [-0.3, -0.25) is 0 Å². The van der Waals surface area contributed by atoms with E-state index in [1.54, 1.807) is 59.9 Å². The molecule has 1 aliphatic carbocycles. The molecule has 0 aromatic heterocycles. The van der Waals surface area contributed by atoms with Crippen LogP contribution in [0.3, 0.4) is 0 Å². The molecule has 0 fully saturated rings. The van der Waals surface area contributed by atoms with Crippen molar-refractivity contribution >= 4 is 58.0 Å². The van der Waals surface area contributed by atoms with Gasteiger partial charge in [0, 0.05) is 11.1 Å². The van der Waals surface area contributed by atoms with Crippen LogP contribution < -0.4 is 9.47 Å². The molecule has 0 radical (unpaired) electrons. The fraction of sp³-hybridized carbons (Fsp3) is 0.231. The van der Waals surface area contributed by atoms with Gasteiger partial charge in [0.05, 0.1) is 5.41 Å². The zero-order valence-electron chi connectivity index (χ0n) is 27.2. The van der Waals surface area contributed by atoms with Crippen molar-refractivity contribution in [1.82, 2.24) is 0 Å². The number of rotatable bonds is 16. The molecule has 2 atom stereocenters. The van der Waals surface area contributed by atoms with Gasteiger partial charge in [-0.15, -0.1) is 0 Å². The fourth-order valence-electron chi connectivity index (χ4n) is 5.79. The number of hydrogen-bond acceptors (Lipinski definition) is 8. The van der Waals surface area contributed by atoms with Crippen LogP contribution in [0.4, 0.5) is 0 Å². The highest BCUT2D eigenvalue weighted by Crippen LogP contribution is 2.56. The molecule has 0 aliphatic heterocycles. The third-order valence-electron chi connectivity index (χ3n) is 8.15. The van der Waals surface area contributed by atoms with Crippen LogP contribution in [0.1, 0.15) is 36.1 Å². The van der Waals surface area contributed by atoms with Gasteiger partial charge in [0.1, 0.15) is 96.1 Å². The molecule has 8 nitrogen and oxygen atoms in total. The number of esters is 2.